The Balaban J connectivity index is 1.37. The largest absolute Gasteiger partial charge is 0.392 e. The summed E-state index contributed by atoms with van der Waals surface area (Å²) in [6.45, 7) is 0. The molecule has 0 fully saturated rings. The zero-order valence-corrected chi connectivity index (χ0v) is 17.5. The van der Waals surface area contributed by atoms with Crippen molar-refractivity contribution in [3.63, 3.8) is 0 Å². The van der Waals surface area contributed by atoms with Gasteiger partial charge in [0.15, 0.2) is 5.78 Å². The van der Waals surface area contributed by atoms with Crippen molar-refractivity contribution in [2.24, 2.45) is 5.16 Å². The highest BCUT2D eigenvalue weighted by atomic mass is 35.5. The van der Waals surface area contributed by atoms with Gasteiger partial charge in [0.2, 0.25) is 0 Å². The van der Waals surface area contributed by atoms with Crippen LogP contribution in [0, 0.1) is 0 Å². The van der Waals surface area contributed by atoms with E-state index in [1.165, 1.54) is 15.9 Å². The van der Waals surface area contributed by atoms with Gasteiger partial charge in [-0.1, -0.05) is 40.5 Å². The zero-order valence-electron chi connectivity index (χ0n) is 15.2. The van der Waals surface area contributed by atoms with E-state index in [-0.39, 0.29) is 22.5 Å². The second kappa shape index (κ2) is 8.53. The molecule has 4 rings (SSSR count). The van der Waals surface area contributed by atoms with Gasteiger partial charge in [-0.25, -0.2) is 0 Å². The number of aromatic nitrogens is 1. The van der Waals surface area contributed by atoms with Gasteiger partial charge >= 0.3 is 0 Å². The Morgan fingerprint density at radius 2 is 1.97 bits per heavy atom. The third-order valence-electron chi connectivity index (χ3n) is 4.65. The predicted octanol–water partition coefficient (Wildman–Crippen LogP) is 5.36. The molecule has 0 amide bonds. The van der Waals surface area contributed by atoms with Crippen LogP contribution >= 0.6 is 34.5 Å². The summed E-state index contributed by atoms with van der Waals surface area (Å²) < 4.78 is 2.10. The number of hydrogen-bond donors (Lipinski definition) is 0. The van der Waals surface area contributed by atoms with E-state index in [0.717, 1.165) is 17.0 Å². The summed E-state index contributed by atoms with van der Waals surface area (Å²) in [6, 6.07) is 14.2. The number of hydrogen-bond acceptors (Lipinski definition) is 5. The Hall–Kier alpha value is -2.41. The van der Waals surface area contributed by atoms with Gasteiger partial charge in [-0.3, -0.25) is 14.2 Å². The third-order valence-corrected chi connectivity index (χ3v) is 6.21. The fraction of sp³-hybridized carbons (Fsp3) is 0.190. The summed E-state index contributed by atoms with van der Waals surface area (Å²) in [5.74, 6) is 0.0651. The zero-order chi connectivity index (χ0) is 20.4. The van der Waals surface area contributed by atoms with Crippen molar-refractivity contribution in [3.8, 4) is 5.69 Å². The van der Waals surface area contributed by atoms with Gasteiger partial charge in [0.05, 0.1) is 14.9 Å². The quantitative estimate of drug-likeness (QED) is 0.478. The minimum absolute atomic E-state index is 0.0651. The fourth-order valence-corrected chi connectivity index (χ4v) is 4.29. The normalized spacial score (nSPS) is 15.8. The first-order chi connectivity index (χ1) is 14.0. The van der Waals surface area contributed by atoms with Crippen molar-refractivity contribution >= 4 is 46.0 Å². The molecule has 1 atom stereocenters. The van der Waals surface area contributed by atoms with E-state index in [4.69, 9.17) is 28.0 Å². The highest BCUT2D eigenvalue weighted by Crippen LogP contribution is 2.25. The highest BCUT2D eigenvalue weighted by Gasteiger charge is 2.23. The third kappa shape index (κ3) is 4.45. The molecule has 0 aliphatic carbocycles. The van der Waals surface area contributed by atoms with Crippen molar-refractivity contribution in [1.82, 2.24) is 4.57 Å². The molecule has 0 saturated carbocycles. The molecule has 0 saturated heterocycles. The summed E-state index contributed by atoms with van der Waals surface area (Å²) in [7, 11) is 0. The van der Waals surface area contributed by atoms with Gasteiger partial charge in [-0.2, -0.15) is 0 Å². The molecule has 5 nitrogen and oxygen atoms in total. The van der Waals surface area contributed by atoms with Crippen LogP contribution in [0.25, 0.3) is 5.69 Å². The molecule has 2 aromatic heterocycles. The first-order valence-corrected chi connectivity index (χ1v) is 10.6. The minimum atomic E-state index is -0.264. The summed E-state index contributed by atoms with van der Waals surface area (Å²) in [5.41, 5.74) is 2.20. The summed E-state index contributed by atoms with van der Waals surface area (Å²) in [4.78, 5) is 30.5. The molecule has 29 heavy (non-hydrogen) atoms. The number of carbonyl (C=O) groups is 1. The SMILES string of the molecule is O=C(CCC1CC(c2ccc(-n3cccc(Cl)c3=O)cc2)=NO1)c1ccc(Cl)s1. The van der Waals surface area contributed by atoms with E-state index in [1.807, 2.05) is 24.3 Å². The number of ketones is 1. The second-order valence-corrected chi connectivity index (χ2v) is 8.74. The molecule has 0 bridgehead atoms. The first kappa shape index (κ1) is 19.9. The Labute approximate surface area is 181 Å². The van der Waals surface area contributed by atoms with Gasteiger partial charge < -0.3 is 4.84 Å². The van der Waals surface area contributed by atoms with E-state index in [1.54, 1.807) is 30.5 Å². The summed E-state index contributed by atoms with van der Waals surface area (Å²) >= 11 is 13.1. The topological polar surface area (TPSA) is 60.7 Å². The lowest BCUT2D eigenvalue weighted by Crippen LogP contribution is -2.17. The fourth-order valence-electron chi connectivity index (χ4n) is 3.12. The standard InChI is InChI=1S/C21H16Cl2N2O3S/c22-16-2-1-11-25(21(16)27)14-5-3-13(4-6-14)17-12-15(28-24-17)7-8-18(26)19-9-10-20(23)29-19/h1-6,9-11,15H,7-8,12H2. The lowest BCUT2D eigenvalue weighted by molar-refractivity contribution is 0.0720. The molecule has 3 heterocycles. The number of thiophene rings is 1. The highest BCUT2D eigenvalue weighted by molar-refractivity contribution is 7.18. The maximum absolute atomic E-state index is 12.2. The van der Waals surface area contributed by atoms with E-state index < -0.39 is 0 Å². The van der Waals surface area contributed by atoms with Crippen LogP contribution in [0.3, 0.4) is 0 Å². The van der Waals surface area contributed by atoms with Crippen LogP contribution in [0.15, 0.2) is 64.7 Å². The Bertz CT molecular complexity index is 1140. The molecule has 0 radical (unpaired) electrons. The molecule has 1 unspecified atom stereocenters. The molecule has 8 heteroatoms. The molecular weight excluding hydrogens is 431 g/mol. The molecule has 0 N–H and O–H groups in total. The van der Waals surface area contributed by atoms with Crippen LogP contribution in [-0.4, -0.2) is 22.2 Å². The molecule has 1 aromatic carbocycles. The number of carbonyl (C=O) groups excluding carboxylic acids is 1. The van der Waals surface area contributed by atoms with Crippen molar-refractivity contribution in [2.45, 2.75) is 25.4 Å². The average Bonchev–Trinajstić information content (AvgIpc) is 3.38. The smallest absolute Gasteiger partial charge is 0.273 e. The van der Waals surface area contributed by atoms with Crippen LogP contribution in [0.4, 0.5) is 0 Å². The predicted molar refractivity (Wildman–Crippen MR) is 116 cm³/mol. The maximum Gasteiger partial charge on any atom is 0.273 e. The Morgan fingerprint density at radius 1 is 1.17 bits per heavy atom. The van der Waals surface area contributed by atoms with Crippen LogP contribution < -0.4 is 5.56 Å². The minimum Gasteiger partial charge on any atom is -0.392 e. The molecule has 1 aliphatic rings. The van der Waals surface area contributed by atoms with E-state index >= 15 is 0 Å². The number of rotatable bonds is 6. The number of benzene rings is 1. The monoisotopic (exact) mass is 446 g/mol. The van der Waals surface area contributed by atoms with Crippen LogP contribution in [0.1, 0.15) is 34.5 Å². The van der Waals surface area contributed by atoms with Crippen LogP contribution in [0.5, 0.6) is 0 Å². The summed E-state index contributed by atoms with van der Waals surface area (Å²) in [5, 5.41) is 4.35. The number of Topliss-reactive ketones (excluding diaryl/α,β-unsaturated/α-hetero) is 1. The maximum atomic E-state index is 12.2. The lowest BCUT2D eigenvalue weighted by Gasteiger charge is -2.08. The Morgan fingerprint density at radius 3 is 2.69 bits per heavy atom. The second-order valence-electron chi connectivity index (χ2n) is 6.61. The Kier molecular flexibility index (Phi) is 5.85. The van der Waals surface area contributed by atoms with Gasteiger partial charge in [-0.05, 0) is 48.4 Å². The van der Waals surface area contributed by atoms with Crippen molar-refractivity contribution in [3.05, 3.63) is 84.9 Å². The summed E-state index contributed by atoms with van der Waals surface area (Å²) in [6.07, 6.45) is 3.17. The number of nitrogens with zero attached hydrogens (tertiary/aromatic N) is 2. The average molecular weight is 447 g/mol. The molecule has 3 aromatic rings. The number of pyridine rings is 1. The van der Waals surface area contributed by atoms with Crippen molar-refractivity contribution in [1.29, 1.82) is 0 Å². The number of halogens is 2. The van der Waals surface area contributed by atoms with Crippen molar-refractivity contribution < 1.29 is 9.63 Å². The van der Waals surface area contributed by atoms with Gasteiger partial charge in [-0.15, -0.1) is 11.3 Å². The van der Waals surface area contributed by atoms with Crippen LogP contribution in [-0.2, 0) is 4.84 Å². The molecule has 148 valence electrons. The lowest BCUT2D eigenvalue weighted by atomic mass is 10.0. The van der Waals surface area contributed by atoms with Gasteiger partial charge in [0.1, 0.15) is 11.1 Å². The van der Waals surface area contributed by atoms with Gasteiger partial charge in [0.25, 0.3) is 5.56 Å². The number of oxime groups is 1. The molecule has 1 aliphatic heterocycles. The molecular formula is C21H16Cl2N2O3S. The van der Waals surface area contributed by atoms with E-state index in [2.05, 4.69) is 5.16 Å². The van der Waals surface area contributed by atoms with Crippen molar-refractivity contribution in [2.75, 3.05) is 0 Å². The first-order valence-electron chi connectivity index (χ1n) is 9.00. The van der Waals surface area contributed by atoms with Gasteiger partial charge in [0, 0.05) is 24.7 Å². The molecule has 0 spiro atoms. The van der Waals surface area contributed by atoms with Crippen LogP contribution in [0.2, 0.25) is 9.36 Å². The van der Waals surface area contributed by atoms with E-state index in [9.17, 15) is 9.59 Å². The van der Waals surface area contributed by atoms with E-state index in [0.29, 0.717) is 28.5 Å².